The fourth-order valence-electron chi connectivity index (χ4n) is 1.18. The van der Waals surface area contributed by atoms with Gasteiger partial charge in [0.1, 0.15) is 0 Å². The highest BCUT2D eigenvalue weighted by Crippen LogP contribution is 2.27. The number of aliphatic hydroxyl groups excluding tert-OH is 1. The van der Waals surface area contributed by atoms with Crippen LogP contribution in [0.3, 0.4) is 0 Å². The van der Waals surface area contributed by atoms with E-state index in [1.807, 2.05) is 5.32 Å². The van der Waals surface area contributed by atoms with Crippen molar-refractivity contribution >= 4 is 11.9 Å². The van der Waals surface area contributed by atoms with Gasteiger partial charge >= 0.3 is 5.97 Å². The SMILES string of the molecule is COc1ccnc(C(=O)NC(CO)C(=O)O)c1O. The Labute approximate surface area is 102 Å². The molecule has 4 N–H and O–H groups in total. The minimum Gasteiger partial charge on any atom is -0.503 e. The number of ether oxygens (including phenoxy) is 1. The molecule has 1 atom stereocenters. The van der Waals surface area contributed by atoms with Crippen LogP contribution in [0, 0.1) is 0 Å². The second kappa shape index (κ2) is 5.82. The Hall–Kier alpha value is -2.35. The number of amides is 1. The summed E-state index contributed by atoms with van der Waals surface area (Å²) in [4.78, 5) is 25.9. The van der Waals surface area contributed by atoms with E-state index in [1.165, 1.54) is 19.4 Å². The first-order valence-corrected chi connectivity index (χ1v) is 4.87. The average molecular weight is 256 g/mol. The lowest BCUT2D eigenvalue weighted by molar-refractivity contribution is -0.140. The highest BCUT2D eigenvalue weighted by Gasteiger charge is 2.23. The van der Waals surface area contributed by atoms with Gasteiger partial charge in [-0.3, -0.25) is 4.79 Å². The summed E-state index contributed by atoms with van der Waals surface area (Å²) in [5, 5.41) is 29.0. The van der Waals surface area contributed by atoms with Crippen molar-refractivity contribution in [3.05, 3.63) is 18.0 Å². The number of hydrogen-bond donors (Lipinski definition) is 4. The molecule has 0 bridgehead atoms. The number of methoxy groups -OCH3 is 1. The predicted octanol–water partition coefficient (Wildman–Crippen LogP) is -1.03. The lowest BCUT2D eigenvalue weighted by Gasteiger charge is -2.12. The minimum atomic E-state index is -1.47. The number of pyridine rings is 1. The smallest absolute Gasteiger partial charge is 0.328 e. The number of aromatic hydroxyl groups is 1. The Morgan fingerprint density at radius 2 is 2.22 bits per heavy atom. The first kappa shape index (κ1) is 13.7. The number of carbonyl (C=O) groups excluding carboxylic acids is 1. The van der Waals surface area contributed by atoms with Crippen molar-refractivity contribution in [3.63, 3.8) is 0 Å². The van der Waals surface area contributed by atoms with Gasteiger partial charge in [0, 0.05) is 12.3 Å². The lowest BCUT2D eigenvalue weighted by Crippen LogP contribution is -2.43. The lowest BCUT2D eigenvalue weighted by atomic mass is 10.2. The van der Waals surface area contributed by atoms with Gasteiger partial charge in [0.2, 0.25) is 0 Å². The van der Waals surface area contributed by atoms with Gasteiger partial charge in [-0.1, -0.05) is 0 Å². The van der Waals surface area contributed by atoms with E-state index < -0.39 is 30.3 Å². The quantitative estimate of drug-likeness (QED) is 0.530. The van der Waals surface area contributed by atoms with Crippen LogP contribution >= 0.6 is 0 Å². The normalized spacial score (nSPS) is 11.7. The molecule has 1 heterocycles. The fourth-order valence-corrected chi connectivity index (χ4v) is 1.18. The molecule has 1 rings (SSSR count). The molecule has 1 amide bonds. The highest BCUT2D eigenvalue weighted by molar-refractivity contribution is 5.97. The van der Waals surface area contributed by atoms with Gasteiger partial charge in [-0.15, -0.1) is 0 Å². The Bertz CT molecular complexity index is 462. The number of aliphatic hydroxyl groups is 1. The van der Waals surface area contributed by atoms with E-state index in [0.29, 0.717) is 0 Å². The van der Waals surface area contributed by atoms with Crippen molar-refractivity contribution in [1.82, 2.24) is 10.3 Å². The van der Waals surface area contributed by atoms with E-state index in [1.54, 1.807) is 0 Å². The number of rotatable bonds is 5. The molecule has 1 aromatic heterocycles. The molecule has 0 spiro atoms. The molecule has 1 unspecified atom stereocenters. The molecule has 1 aromatic rings. The molecular formula is C10H12N2O6. The third-order valence-corrected chi connectivity index (χ3v) is 2.11. The van der Waals surface area contributed by atoms with Gasteiger partial charge in [-0.2, -0.15) is 0 Å². The van der Waals surface area contributed by atoms with E-state index >= 15 is 0 Å². The van der Waals surface area contributed by atoms with E-state index in [0.717, 1.165) is 0 Å². The summed E-state index contributed by atoms with van der Waals surface area (Å²) in [5.41, 5.74) is -0.381. The third-order valence-electron chi connectivity index (χ3n) is 2.11. The van der Waals surface area contributed by atoms with Gasteiger partial charge < -0.3 is 25.4 Å². The highest BCUT2D eigenvalue weighted by atomic mass is 16.5. The van der Waals surface area contributed by atoms with Gasteiger partial charge in [0.05, 0.1) is 13.7 Å². The summed E-state index contributed by atoms with van der Waals surface area (Å²) in [6.07, 6.45) is 1.22. The third kappa shape index (κ3) is 2.86. The zero-order chi connectivity index (χ0) is 13.7. The Kier molecular flexibility index (Phi) is 4.44. The van der Waals surface area contributed by atoms with Gasteiger partial charge in [0.25, 0.3) is 5.91 Å². The maximum Gasteiger partial charge on any atom is 0.328 e. The number of hydrogen-bond acceptors (Lipinski definition) is 6. The maximum absolute atomic E-state index is 11.6. The topological polar surface area (TPSA) is 129 Å². The molecule has 98 valence electrons. The molecule has 0 saturated heterocycles. The molecule has 0 fully saturated rings. The van der Waals surface area contributed by atoms with Crippen molar-refractivity contribution < 1.29 is 29.6 Å². The number of carboxylic acids is 1. The van der Waals surface area contributed by atoms with Crippen LogP contribution in [0.1, 0.15) is 10.5 Å². The van der Waals surface area contributed by atoms with Crippen LogP contribution in [0.25, 0.3) is 0 Å². The van der Waals surface area contributed by atoms with Crippen LogP contribution in [0.2, 0.25) is 0 Å². The van der Waals surface area contributed by atoms with Crippen molar-refractivity contribution in [1.29, 1.82) is 0 Å². The van der Waals surface area contributed by atoms with Crippen LogP contribution in [0.4, 0.5) is 0 Å². The number of carboxylic acid groups (broad SMARTS) is 1. The second-order valence-corrected chi connectivity index (χ2v) is 3.26. The molecule has 0 aliphatic carbocycles. The predicted molar refractivity (Wildman–Crippen MR) is 58.4 cm³/mol. The maximum atomic E-state index is 11.6. The summed E-state index contributed by atoms with van der Waals surface area (Å²) in [6.45, 7) is -0.772. The number of carbonyl (C=O) groups is 2. The Morgan fingerprint density at radius 1 is 1.56 bits per heavy atom. The van der Waals surface area contributed by atoms with E-state index in [2.05, 4.69) is 4.98 Å². The van der Waals surface area contributed by atoms with Gasteiger partial charge in [-0.25, -0.2) is 9.78 Å². The monoisotopic (exact) mass is 256 g/mol. The van der Waals surface area contributed by atoms with Crippen LogP contribution in [-0.4, -0.2) is 51.9 Å². The summed E-state index contributed by atoms with van der Waals surface area (Å²) in [6, 6.07) is -0.128. The number of nitrogens with one attached hydrogen (secondary N) is 1. The van der Waals surface area contributed by atoms with Crippen molar-refractivity contribution in [2.75, 3.05) is 13.7 Å². The van der Waals surface area contributed by atoms with Crippen LogP contribution in [0.5, 0.6) is 11.5 Å². The number of aliphatic carboxylic acids is 1. The van der Waals surface area contributed by atoms with Gasteiger partial charge in [0.15, 0.2) is 23.2 Å². The zero-order valence-corrected chi connectivity index (χ0v) is 9.45. The molecule has 0 aliphatic rings. The number of aromatic nitrogens is 1. The van der Waals surface area contributed by atoms with Crippen LogP contribution < -0.4 is 10.1 Å². The minimum absolute atomic E-state index is 0.0334. The Morgan fingerprint density at radius 3 is 2.72 bits per heavy atom. The number of nitrogens with zero attached hydrogens (tertiary/aromatic N) is 1. The van der Waals surface area contributed by atoms with Crippen LogP contribution in [0.15, 0.2) is 12.3 Å². The average Bonchev–Trinajstić information content (AvgIpc) is 2.35. The van der Waals surface area contributed by atoms with Crippen molar-refractivity contribution in [3.8, 4) is 11.5 Å². The van der Waals surface area contributed by atoms with E-state index in [9.17, 15) is 14.7 Å². The summed E-state index contributed by atoms with van der Waals surface area (Å²) in [7, 11) is 1.30. The molecular weight excluding hydrogens is 244 g/mol. The van der Waals surface area contributed by atoms with Crippen LogP contribution in [-0.2, 0) is 4.79 Å². The summed E-state index contributed by atoms with van der Waals surface area (Å²) in [5.74, 6) is -2.79. The van der Waals surface area contributed by atoms with Crippen molar-refractivity contribution in [2.45, 2.75) is 6.04 Å². The zero-order valence-electron chi connectivity index (χ0n) is 9.45. The fraction of sp³-hybridized carbons (Fsp3) is 0.300. The van der Waals surface area contributed by atoms with Crippen molar-refractivity contribution in [2.24, 2.45) is 0 Å². The van der Waals surface area contributed by atoms with E-state index in [-0.39, 0.29) is 11.4 Å². The second-order valence-electron chi connectivity index (χ2n) is 3.26. The first-order valence-electron chi connectivity index (χ1n) is 4.87. The largest absolute Gasteiger partial charge is 0.503 e. The summed E-state index contributed by atoms with van der Waals surface area (Å²) < 4.78 is 4.78. The molecule has 0 aliphatic heterocycles. The van der Waals surface area contributed by atoms with Gasteiger partial charge in [-0.05, 0) is 0 Å². The molecule has 0 aromatic carbocycles. The molecule has 18 heavy (non-hydrogen) atoms. The summed E-state index contributed by atoms with van der Waals surface area (Å²) >= 11 is 0. The first-order chi connectivity index (χ1) is 8.51. The standard InChI is InChI=1S/C10H12N2O6/c1-18-6-2-3-11-7(8(6)14)9(15)12-5(4-13)10(16)17/h2-3,5,13-14H,4H2,1H3,(H,12,15)(H,16,17). The molecule has 0 radical (unpaired) electrons. The van der Waals surface area contributed by atoms with E-state index in [4.69, 9.17) is 14.9 Å². The molecule has 8 heteroatoms. The molecule has 0 saturated carbocycles. The Balaban J connectivity index is 2.94. The molecule has 8 nitrogen and oxygen atoms in total.